The average Bonchev–Trinajstić information content (AvgIpc) is 3.07. The maximum atomic E-state index is 12.6. The number of hydrazine groups is 1. The molecule has 2 aromatic carbocycles. The van der Waals surface area contributed by atoms with Crippen molar-refractivity contribution < 1.29 is 4.79 Å². The Labute approximate surface area is 124 Å². The number of carbonyl (C=O) groups is 1. The third-order valence-electron chi connectivity index (χ3n) is 3.64. The lowest BCUT2D eigenvalue weighted by Crippen LogP contribution is -2.27. The third-order valence-corrected chi connectivity index (χ3v) is 4.34. The van der Waals surface area contributed by atoms with E-state index in [0.29, 0.717) is 17.2 Å². The number of anilines is 2. The van der Waals surface area contributed by atoms with Gasteiger partial charge in [-0.05, 0) is 17.5 Å². The van der Waals surface area contributed by atoms with E-state index in [-0.39, 0.29) is 5.91 Å². The van der Waals surface area contributed by atoms with Crippen molar-refractivity contribution in [2.24, 2.45) is 5.84 Å². The van der Waals surface area contributed by atoms with Gasteiger partial charge in [-0.15, -0.1) is 5.10 Å². The van der Waals surface area contributed by atoms with E-state index in [0.717, 1.165) is 22.0 Å². The fourth-order valence-electron chi connectivity index (χ4n) is 2.71. The fraction of sp³-hybridized carbons (Fsp3) is 0.0714. The molecule has 4 rings (SSSR count). The molecule has 0 saturated carbocycles. The van der Waals surface area contributed by atoms with Crippen LogP contribution in [-0.4, -0.2) is 15.5 Å². The second-order valence-electron chi connectivity index (χ2n) is 4.77. The van der Waals surface area contributed by atoms with Crippen LogP contribution in [0.3, 0.4) is 0 Å². The summed E-state index contributed by atoms with van der Waals surface area (Å²) in [6.07, 6.45) is 0. The molecule has 1 aliphatic heterocycles. The van der Waals surface area contributed by atoms with E-state index in [9.17, 15) is 4.79 Å². The molecule has 0 atom stereocenters. The largest absolute Gasteiger partial charge is 0.313 e. The zero-order chi connectivity index (χ0) is 14.4. The molecule has 0 bridgehead atoms. The summed E-state index contributed by atoms with van der Waals surface area (Å²) in [5.74, 6) is 5.43. The van der Waals surface area contributed by atoms with Gasteiger partial charge in [0.2, 0.25) is 0 Å². The van der Waals surface area contributed by atoms with Gasteiger partial charge in [-0.3, -0.25) is 4.79 Å². The minimum atomic E-state index is -0.0160. The lowest BCUT2D eigenvalue weighted by Gasteiger charge is -2.16. The highest BCUT2D eigenvalue weighted by Crippen LogP contribution is 2.38. The number of nitrogen functional groups attached to an aromatic ring is 1. The Bertz CT molecular complexity index is 854. The first-order valence-electron chi connectivity index (χ1n) is 6.41. The van der Waals surface area contributed by atoms with Crippen molar-refractivity contribution in [1.29, 1.82) is 0 Å². The van der Waals surface area contributed by atoms with E-state index < -0.39 is 0 Å². The predicted octanol–water partition coefficient (Wildman–Crippen LogP) is 2.14. The third kappa shape index (κ3) is 1.71. The van der Waals surface area contributed by atoms with Crippen LogP contribution in [0.15, 0.2) is 36.4 Å². The van der Waals surface area contributed by atoms with Gasteiger partial charge in [0.05, 0.1) is 12.2 Å². The number of benzene rings is 2. The molecule has 21 heavy (non-hydrogen) atoms. The van der Waals surface area contributed by atoms with E-state index in [1.54, 1.807) is 4.90 Å². The summed E-state index contributed by atoms with van der Waals surface area (Å²) in [7, 11) is 0. The first-order chi connectivity index (χ1) is 10.3. The van der Waals surface area contributed by atoms with Crippen LogP contribution in [0.5, 0.6) is 0 Å². The van der Waals surface area contributed by atoms with E-state index in [1.165, 1.54) is 11.5 Å². The van der Waals surface area contributed by atoms with Gasteiger partial charge >= 0.3 is 0 Å². The molecule has 6 nitrogen and oxygen atoms in total. The minimum absolute atomic E-state index is 0.0160. The van der Waals surface area contributed by atoms with Gasteiger partial charge in [0.15, 0.2) is 0 Å². The zero-order valence-corrected chi connectivity index (χ0v) is 11.7. The van der Waals surface area contributed by atoms with Crippen LogP contribution in [0.4, 0.5) is 10.7 Å². The molecule has 104 valence electrons. The smallest absolute Gasteiger partial charge is 0.259 e. The first-order valence-corrected chi connectivity index (χ1v) is 7.18. The van der Waals surface area contributed by atoms with Crippen LogP contribution in [-0.2, 0) is 6.54 Å². The Kier molecular flexibility index (Phi) is 2.63. The topological polar surface area (TPSA) is 84.1 Å². The molecule has 0 aliphatic carbocycles. The van der Waals surface area contributed by atoms with E-state index in [1.807, 2.05) is 36.4 Å². The van der Waals surface area contributed by atoms with Gasteiger partial charge in [0.25, 0.3) is 5.91 Å². The Morgan fingerprint density at radius 3 is 2.86 bits per heavy atom. The fourth-order valence-corrected chi connectivity index (χ4v) is 3.19. The number of carbonyl (C=O) groups excluding carboxylic acids is 1. The summed E-state index contributed by atoms with van der Waals surface area (Å²) in [5.41, 5.74) is 4.87. The van der Waals surface area contributed by atoms with Crippen molar-refractivity contribution in [2.75, 3.05) is 10.3 Å². The van der Waals surface area contributed by atoms with Gasteiger partial charge in [-0.1, -0.05) is 28.8 Å². The summed E-state index contributed by atoms with van der Waals surface area (Å²) in [4.78, 5) is 14.4. The number of nitrogens with one attached hydrogen (secondary N) is 1. The van der Waals surface area contributed by atoms with Crippen molar-refractivity contribution in [3.8, 4) is 0 Å². The van der Waals surface area contributed by atoms with Gasteiger partial charge in [-0.25, -0.2) is 5.84 Å². The number of nitrogens with zero attached hydrogens (tertiary/aromatic N) is 3. The second kappa shape index (κ2) is 4.51. The van der Waals surface area contributed by atoms with E-state index >= 15 is 0 Å². The number of amides is 1. The van der Waals surface area contributed by atoms with Crippen LogP contribution in [0.1, 0.15) is 16.1 Å². The molecule has 0 radical (unpaired) electrons. The molecule has 1 amide bonds. The number of hydrogen-bond donors (Lipinski definition) is 2. The quantitative estimate of drug-likeness (QED) is 0.571. The Hall–Kier alpha value is -2.51. The summed E-state index contributed by atoms with van der Waals surface area (Å²) < 4.78 is 3.87. The van der Waals surface area contributed by atoms with Crippen molar-refractivity contribution in [3.05, 3.63) is 47.7 Å². The highest BCUT2D eigenvalue weighted by molar-refractivity contribution is 7.10. The molecule has 0 fully saturated rings. The summed E-state index contributed by atoms with van der Waals surface area (Å²) in [6, 6.07) is 11.7. The van der Waals surface area contributed by atoms with Crippen molar-refractivity contribution in [3.63, 3.8) is 0 Å². The Balaban J connectivity index is 1.83. The summed E-state index contributed by atoms with van der Waals surface area (Å²) >= 11 is 1.18. The Morgan fingerprint density at radius 1 is 1.24 bits per heavy atom. The summed E-state index contributed by atoms with van der Waals surface area (Å²) in [6.45, 7) is 0.350. The lowest BCUT2D eigenvalue weighted by atomic mass is 10.1. The van der Waals surface area contributed by atoms with Gasteiger partial charge in [0, 0.05) is 22.5 Å². The molecule has 2 heterocycles. The van der Waals surface area contributed by atoms with Crippen LogP contribution < -0.4 is 16.2 Å². The summed E-state index contributed by atoms with van der Waals surface area (Å²) in [5, 5.41) is 6.78. The molecule has 1 aliphatic rings. The standard InChI is InChI=1S/C14H11N5OS/c15-16-13-10(17-18-21-13)7-19-11-6-2-4-8-3-1-5-9(12(8)11)14(19)20/h1-6,16H,7,15H2. The first kappa shape index (κ1) is 12.2. The van der Waals surface area contributed by atoms with E-state index in [4.69, 9.17) is 5.84 Å². The van der Waals surface area contributed by atoms with Gasteiger partial charge in [-0.2, -0.15) is 0 Å². The SMILES string of the molecule is NNc1snnc1CN1C(=O)c2cccc3cccc1c23. The molecule has 1 aromatic heterocycles. The Morgan fingerprint density at radius 2 is 2.05 bits per heavy atom. The number of hydrogen-bond acceptors (Lipinski definition) is 6. The predicted molar refractivity (Wildman–Crippen MR) is 82.2 cm³/mol. The molecule has 3 aromatic rings. The normalized spacial score (nSPS) is 13.2. The molecular formula is C14H11N5OS. The van der Waals surface area contributed by atoms with Crippen LogP contribution in [0.2, 0.25) is 0 Å². The molecular weight excluding hydrogens is 286 g/mol. The monoisotopic (exact) mass is 297 g/mol. The molecule has 0 unspecified atom stereocenters. The molecule has 0 spiro atoms. The van der Waals surface area contributed by atoms with Crippen LogP contribution in [0, 0.1) is 0 Å². The maximum absolute atomic E-state index is 12.6. The molecule has 7 heteroatoms. The van der Waals surface area contributed by atoms with Crippen molar-refractivity contribution in [1.82, 2.24) is 9.59 Å². The van der Waals surface area contributed by atoms with Crippen molar-refractivity contribution >= 4 is 38.9 Å². The van der Waals surface area contributed by atoms with E-state index in [2.05, 4.69) is 15.0 Å². The number of nitrogens with two attached hydrogens (primary N) is 1. The zero-order valence-electron chi connectivity index (χ0n) is 10.9. The molecule has 0 saturated heterocycles. The highest BCUT2D eigenvalue weighted by Gasteiger charge is 2.30. The lowest BCUT2D eigenvalue weighted by molar-refractivity contribution is 0.0991. The van der Waals surface area contributed by atoms with Crippen molar-refractivity contribution in [2.45, 2.75) is 6.54 Å². The average molecular weight is 297 g/mol. The van der Waals surface area contributed by atoms with Gasteiger partial charge < -0.3 is 10.3 Å². The number of rotatable bonds is 3. The van der Waals surface area contributed by atoms with Crippen LogP contribution >= 0.6 is 11.5 Å². The second-order valence-corrected chi connectivity index (χ2v) is 5.52. The van der Waals surface area contributed by atoms with Gasteiger partial charge in [0.1, 0.15) is 10.7 Å². The van der Waals surface area contributed by atoms with Crippen LogP contribution in [0.25, 0.3) is 10.8 Å². The molecule has 3 N–H and O–H groups in total. The highest BCUT2D eigenvalue weighted by atomic mass is 32.1. The minimum Gasteiger partial charge on any atom is -0.313 e. The maximum Gasteiger partial charge on any atom is 0.259 e. The number of aromatic nitrogens is 2.